The van der Waals surface area contributed by atoms with Crippen molar-refractivity contribution < 1.29 is 35.8 Å². The number of aromatic nitrogens is 4. The molecular weight excluding hydrogens is 879 g/mol. The molecule has 0 aliphatic heterocycles. The Bertz CT molecular complexity index is 2590. The highest BCUT2D eigenvalue weighted by Gasteiger charge is 2.32. The van der Waals surface area contributed by atoms with Gasteiger partial charge in [-0.05, 0) is 132 Å². The van der Waals surface area contributed by atoms with Gasteiger partial charge < -0.3 is 23.8 Å². The molecule has 0 aliphatic rings. The van der Waals surface area contributed by atoms with Gasteiger partial charge in [0.25, 0.3) is 20.0 Å². The number of rotatable bonds is 18. The summed E-state index contributed by atoms with van der Waals surface area (Å²) < 4.78 is 82.2. The lowest BCUT2D eigenvalue weighted by Crippen LogP contribution is -2.31. The Morgan fingerprint density at radius 1 is 0.470 bits per heavy atom. The van der Waals surface area contributed by atoms with Gasteiger partial charge in [-0.25, -0.2) is 16.8 Å². The zero-order valence-corrected chi connectivity index (χ0v) is 41.9. The number of benzene rings is 4. The minimum Gasteiger partial charge on any atom is -0.497 e. The molecule has 0 amide bonds. The number of ether oxygens (including phenoxy) is 4. The van der Waals surface area contributed by atoms with E-state index in [4.69, 9.17) is 18.9 Å². The molecule has 0 spiro atoms. The number of methoxy groups -OCH3 is 4. The number of hydrogen-bond acceptors (Lipinski definition) is 11. The summed E-state index contributed by atoms with van der Waals surface area (Å²) in [7, 11) is 2.57. The van der Waals surface area contributed by atoms with Crippen LogP contribution in [0.15, 0.2) is 125 Å². The van der Waals surface area contributed by atoms with Crippen molar-refractivity contribution in [3.63, 3.8) is 0 Å². The van der Waals surface area contributed by atoms with Gasteiger partial charge in [0.2, 0.25) is 0 Å². The molecule has 0 atom stereocenters. The van der Waals surface area contributed by atoms with Crippen molar-refractivity contribution in [2.24, 2.45) is 0 Å². The molecule has 0 unspecified atom stereocenters. The first kappa shape index (κ1) is 51.3. The summed E-state index contributed by atoms with van der Waals surface area (Å²) >= 11 is 0. The number of hydrogen-bond donors (Lipinski definition) is 0. The van der Waals surface area contributed by atoms with Gasteiger partial charge in [0.15, 0.2) is 10.1 Å². The van der Waals surface area contributed by atoms with Gasteiger partial charge in [-0.3, -0.25) is 9.36 Å². The largest absolute Gasteiger partial charge is 0.497 e. The van der Waals surface area contributed by atoms with Crippen molar-refractivity contribution >= 4 is 20.0 Å². The Labute approximate surface area is 391 Å². The van der Waals surface area contributed by atoms with E-state index >= 15 is 0 Å². The van der Waals surface area contributed by atoms with Gasteiger partial charge in [0.1, 0.15) is 23.0 Å². The third-order valence-corrected chi connectivity index (χ3v) is 13.8. The van der Waals surface area contributed by atoms with Gasteiger partial charge in [0, 0.05) is 45.0 Å². The van der Waals surface area contributed by atoms with E-state index in [1.165, 1.54) is 8.61 Å². The Morgan fingerprint density at radius 3 is 1.08 bits per heavy atom. The summed E-state index contributed by atoms with van der Waals surface area (Å²) in [6.07, 6.45) is 1.70. The molecule has 0 saturated heterocycles. The average Bonchev–Trinajstić information content (AvgIpc) is 3.97. The van der Waals surface area contributed by atoms with Crippen LogP contribution >= 0.6 is 0 Å². The molecule has 0 fully saturated rings. The Kier molecular flexibility index (Phi) is 16.9. The second kappa shape index (κ2) is 21.7. The highest BCUT2D eigenvalue weighted by molar-refractivity contribution is 7.89. The second-order valence-corrected chi connectivity index (χ2v) is 21.8. The third kappa shape index (κ3) is 13.4. The minimum atomic E-state index is -3.91. The molecule has 0 aliphatic carbocycles. The van der Waals surface area contributed by atoms with E-state index in [0.717, 1.165) is 50.9 Å². The molecule has 66 heavy (non-hydrogen) atoms. The zero-order chi connectivity index (χ0) is 48.5. The minimum absolute atomic E-state index is 0.0319. The van der Waals surface area contributed by atoms with Crippen LogP contribution in [-0.2, 0) is 63.8 Å². The molecule has 2 aromatic heterocycles. The molecule has 0 bridgehead atoms. The van der Waals surface area contributed by atoms with Crippen molar-refractivity contribution in [3.05, 3.63) is 143 Å². The molecular formula is C49H65N7O8S2. The quantitative estimate of drug-likeness (QED) is 0.0822. The van der Waals surface area contributed by atoms with E-state index < -0.39 is 20.0 Å². The highest BCUT2D eigenvalue weighted by Crippen LogP contribution is 2.28. The molecule has 6 rings (SSSR count). The van der Waals surface area contributed by atoms with E-state index in [0.29, 0.717) is 6.54 Å². The van der Waals surface area contributed by atoms with Crippen LogP contribution in [0.4, 0.5) is 0 Å². The second-order valence-electron chi connectivity index (χ2n) is 18.0. The van der Waals surface area contributed by atoms with Crippen molar-refractivity contribution in [3.8, 4) is 23.0 Å². The van der Waals surface area contributed by atoms with Gasteiger partial charge >= 0.3 is 0 Å². The van der Waals surface area contributed by atoms with Gasteiger partial charge in [-0.2, -0.15) is 18.8 Å². The first-order chi connectivity index (χ1) is 31.1. The standard InChI is InChI=1S/C26H36N4O4S.C23H29N3O4S/c1-26(2,3)30-22(19-28(4)5)16-25(27-30)35(31,32)29(17-20-8-12-23(33-6)13-9-20)18-21-10-14-24(34-7)15-11-21;1-23(2,3)26-15-14-22(24-26)31(27,28)25(16-18-6-10-20(29-4)11-7-18)17-19-8-12-21(30-5)13-9-19/h8-16H,17-19H2,1-7H3;6-15H,16-17H2,1-5H3. The molecule has 0 saturated carbocycles. The predicted octanol–water partition coefficient (Wildman–Crippen LogP) is 8.15. The lowest BCUT2D eigenvalue weighted by atomic mass is 10.1. The van der Waals surface area contributed by atoms with Crippen LogP contribution in [0.25, 0.3) is 0 Å². The zero-order valence-electron chi connectivity index (χ0n) is 40.2. The highest BCUT2D eigenvalue weighted by atomic mass is 32.2. The summed E-state index contributed by atoms with van der Waals surface area (Å²) in [6.45, 7) is 13.4. The number of nitrogens with zero attached hydrogens (tertiary/aromatic N) is 7. The van der Waals surface area contributed by atoms with Crippen LogP contribution in [0, 0.1) is 0 Å². The lowest BCUT2D eigenvalue weighted by molar-refractivity contribution is 0.309. The predicted molar refractivity (Wildman–Crippen MR) is 257 cm³/mol. The van der Waals surface area contributed by atoms with Crippen LogP contribution in [0.5, 0.6) is 23.0 Å². The van der Waals surface area contributed by atoms with E-state index in [2.05, 4.69) is 10.2 Å². The molecule has 2 heterocycles. The average molecular weight is 944 g/mol. The third-order valence-electron chi connectivity index (χ3n) is 10.4. The maximum absolute atomic E-state index is 14.0. The molecule has 4 aromatic carbocycles. The van der Waals surface area contributed by atoms with E-state index in [9.17, 15) is 16.8 Å². The Hall–Kier alpha value is -5.72. The van der Waals surface area contributed by atoms with Crippen LogP contribution in [0.3, 0.4) is 0 Å². The smallest absolute Gasteiger partial charge is 0.263 e. The molecule has 6 aromatic rings. The van der Waals surface area contributed by atoms with Crippen molar-refractivity contribution in [2.45, 2.75) is 95.4 Å². The fraction of sp³-hybridized carbons (Fsp3) is 0.388. The van der Waals surface area contributed by atoms with Crippen molar-refractivity contribution in [2.75, 3.05) is 42.5 Å². The topological polar surface area (TPSA) is 151 Å². The normalized spacial score (nSPS) is 12.3. The summed E-state index contributed by atoms with van der Waals surface area (Å²) in [6, 6.07) is 32.8. The molecule has 17 heteroatoms. The van der Waals surface area contributed by atoms with E-state index in [-0.39, 0.29) is 47.3 Å². The Balaban J connectivity index is 0.000000249. The SMILES string of the molecule is COc1ccc(CN(Cc2ccc(OC)cc2)S(=O)(=O)c2cc(CN(C)C)n(C(C)(C)C)n2)cc1.COc1ccc(CN(Cc2ccc(OC)cc2)S(=O)(=O)c2ccn(C(C)(C)C)n2)cc1. The van der Waals surface area contributed by atoms with Gasteiger partial charge in [-0.1, -0.05) is 48.5 Å². The first-order valence-corrected chi connectivity index (χ1v) is 24.3. The maximum atomic E-state index is 14.0. The van der Waals surface area contributed by atoms with Gasteiger partial charge in [-0.15, -0.1) is 0 Å². The molecule has 356 valence electrons. The lowest BCUT2D eigenvalue weighted by Gasteiger charge is -2.24. The van der Waals surface area contributed by atoms with Crippen LogP contribution in [-0.4, -0.2) is 92.4 Å². The van der Waals surface area contributed by atoms with Crippen LogP contribution < -0.4 is 18.9 Å². The first-order valence-electron chi connectivity index (χ1n) is 21.4. The fourth-order valence-corrected chi connectivity index (χ4v) is 9.51. The number of sulfonamides is 2. The van der Waals surface area contributed by atoms with Crippen LogP contribution in [0.1, 0.15) is 69.5 Å². The van der Waals surface area contributed by atoms with Crippen molar-refractivity contribution in [1.29, 1.82) is 0 Å². The summed E-state index contributed by atoms with van der Waals surface area (Å²) in [5.74, 6) is 2.88. The maximum Gasteiger partial charge on any atom is 0.263 e. The Morgan fingerprint density at radius 2 is 0.803 bits per heavy atom. The molecule has 0 N–H and O–H groups in total. The van der Waals surface area contributed by atoms with Gasteiger partial charge in [0.05, 0.1) is 45.2 Å². The summed E-state index contributed by atoms with van der Waals surface area (Å²) in [5, 5.41) is 9.02. The fourth-order valence-electron chi connectivity index (χ4n) is 6.81. The molecule has 0 radical (unpaired) electrons. The van der Waals surface area contributed by atoms with E-state index in [1.807, 2.05) is 158 Å². The van der Waals surface area contributed by atoms with Crippen molar-refractivity contribution in [1.82, 2.24) is 33.1 Å². The molecule has 15 nitrogen and oxygen atoms in total. The summed E-state index contributed by atoms with van der Waals surface area (Å²) in [5.41, 5.74) is 3.58. The monoisotopic (exact) mass is 943 g/mol. The van der Waals surface area contributed by atoms with E-state index in [1.54, 1.807) is 56.1 Å². The summed E-state index contributed by atoms with van der Waals surface area (Å²) in [4.78, 5) is 2.00. The van der Waals surface area contributed by atoms with Crippen LogP contribution in [0.2, 0.25) is 0 Å².